The molecular weight excluding hydrogens is 240 g/mol. The number of aliphatic hydroxyl groups excluding tert-OH is 1. The number of unbranched alkanes of at least 4 members (excludes halogenated alkanes) is 2. The summed E-state index contributed by atoms with van der Waals surface area (Å²) in [4.78, 5) is 6.81. The number of nitrogens with zero attached hydrogens (tertiary/aromatic N) is 2. The topological polar surface area (TPSA) is 45.6 Å². The molecule has 0 aliphatic rings. The van der Waals surface area contributed by atoms with Gasteiger partial charge in [0.15, 0.2) is 0 Å². The van der Waals surface area contributed by atoms with Crippen molar-refractivity contribution < 1.29 is 9.84 Å². The number of anilines is 1. The molecule has 4 heteroatoms. The Morgan fingerprint density at radius 2 is 1.79 bits per heavy atom. The lowest BCUT2D eigenvalue weighted by atomic mass is 10.2. The number of aromatic nitrogens is 1. The molecule has 19 heavy (non-hydrogen) atoms. The van der Waals surface area contributed by atoms with E-state index in [1.165, 1.54) is 12.8 Å². The summed E-state index contributed by atoms with van der Waals surface area (Å²) in [7, 11) is 1.59. The van der Waals surface area contributed by atoms with Gasteiger partial charge in [0.05, 0.1) is 13.7 Å². The van der Waals surface area contributed by atoms with Crippen molar-refractivity contribution >= 4 is 5.82 Å². The lowest BCUT2D eigenvalue weighted by Crippen LogP contribution is -2.26. The molecule has 1 heterocycles. The molecular formula is C15H26N2O2. The molecule has 0 aliphatic carbocycles. The molecule has 0 unspecified atom stereocenters. The highest BCUT2D eigenvalue weighted by molar-refractivity contribution is 5.43. The van der Waals surface area contributed by atoms with Crippen LogP contribution < -0.4 is 9.64 Å². The third-order valence-electron chi connectivity index (χ3n) is 3.18. The van der Waals surface area contributed by atoms with Gasteiger partial charge in [0.2, 0.25) is 5.88 Å². The van der Waals surface area contributed by atoms with Gasteiger partial charge in [-0.2, -0.15) is 4.98 Å². The highest BCUT2D eigenvalue weighted by atomic mass is 16.5. The van der Waals surface area contributed by atoms with Crippen LogP contribution in [0, 0.1) is 0 Å². The number of hydrogen-bond donors (Lipinski definition) is 1. The molecule has 0 spiro atoms. The van der Waals surface area contributed by atoms with Gasteiger partial charge in [-0.05, 0) is 25.0 Å². The second-order valence-electron chi connectivity index (χ2n) is 4.69. The minimum absolute atomic E-state index is 0.0413. The molecule has 0 bridgehead atoms. The Kier molecular flexibility index (Phi) is 7.26. The number of rotatable bonds is 9. The minimum Gasteiger partial charge on any atom is -0.481 e. The first-order valence-corrected chi connectivity index (χ1v) is 7.16. The highest BCUT2D eigenvalue weighted by Gasteiger charge is 2.11. The van der Waals surface area contributed by atoms with E-state index in [1.807, 2.05) is 12.1 Å². The maximum Gasteiger partial charge on any atom is 0.220 e. The molecule has 108 valence electrons. The van der Waals surface area contributed by atoms with Crippen LogP contribution in [0.4, 0.5) is 5.82 Å². The molecule has 0 aromatic carbocycles. The van der Waals surface area contributed by atoms with Gasteiger partial charge in [-0.1, -0.05) is 26.7 Å². The van der Waals surface area contributed by atoms with Gasteiger partial charge in [-0.15, -0.1) is 0 Å². The summed E-state index contributed by atoms with van der Waals surface area (Å²) in [6.45, 7) is 6.39. The van der Waals surface area contributed by atoms with Crippen molar-refractivity contribution in [2.24, 2.45) is 0 Å². The summed E-state index contributed by atoms with van der Waals surface area (Å²) in [5.74, 6) is 1.47. The van der Waals surface area contributed by atoms with Crippen molar-refractivity contribution in [1.82, 2.24) is 4.98 Å². The molecule has 0 saturated heterocycles. The number of aliphatic hydroxyl groups is 1. The molecule has 0 atom stereocenters. The first-order valence-electron chi connectivity index (χ1n) is 7.16. The minimum atomic E-state index is -0.0413. The average Bonchev–Trinajstić information content (AvgIpc) is 2.46. The van der Waals surface area contributed by atoms with Crippen LogP contribution in [-0.4, -0.2) is 30.3 Å². The fourth-order valence-corrected chi connectivity index (χ4v) is 1.97. The quantitative estimate of drug-likeness (QED) is 0.746. The van der Waals surface area contributed by atoms with E-state index in [-0.39, 0.29) is 6.61 Å². The van der Waals surface area contributed by atoms with Crippen molar-refractivity contribution in [2.75, 3.05) is 25.1 Å². The maximum absolute atomic E-state index is 9.23. The van der Waals surface area contributed by atoms with Gasteiger partial charge in [-0.3, -0.25) is 0 Å². The van der Waals surface area contributed by atoms with E-state index in [0.29, 0.717) is 5.88 Å². The zero-order valence-electron chi connectivity index (χ0n) is 12.4. The molecule has 4 nitrogen and oxygen atoms in total. The number of pyridine rings is 1. The molecule has 1 rings (SSSR count). The number of ether oxygens (including phenoxy) is 1. The third-order valence-corrected chi connectivity index (χ3v) is 3.18. The zero-order chi connectivity index (χ0) is 14.1. The van der Waals surface area contributed by atoms with E-state index in [2.05, 4.69) is 23.7 Å². The first kappa shape index (κ1) is 15.8. The van der Waals surface area contributed by atoms with Crippen LogP contribution >= 0.6 is 0 Å². The lowest BCUT2D eigenvalue weighted by Gasteiger charge is -2.24. The van der Waals surface area contributed by atoms with Crippen LogP contribution in [-0.2, 0) is 6.61 Å². The zero-order valence-corrected chi connectivity index (χ0v) is 12.4. The van der Waals surface area contributed by atoms with E-state index in [4.69, 9.17) is 4.74 Å². The Balaban J connectivity index is 2.87. The molecule has 0 radical (unpaired) electrons. The lowest BCUT2D eigenvalue weighted by molar-refractivity contribution is 0.271. The van der Waals surface area contributed by atoms with Crippen LogP contribution in [0.3, 0.4) is 0 Å². The van der Waals surface area contributed by atoms with Crippen molar-refractivity contribution in [1.29, 1.82) is 0 Å². The van der Waals surface area contributed by atoms with Crippen molar-refractivity contribution in [3.8, 4) is 5.88 Å². The fraction of sp³-hybridized carbons (Fsp3) is 0.667. The van der Waals surface area contributed by atoms with Gasteiger partial charge < -0.3 is 14.7 Å². The Bertz CT molecular complexity index is 361. The highest BCUT2D eigenvalue weighted by Crippen LogP contribution is 2.21. The first-order chi connectivity index (χ1) is 9.26. The SMILES string of the molecule is CCCCN(CCCC)c1ccc(CO)c(OC)n1. The Labute approximate surface area is 116 Å². The molecule has 0 saturated carbocycles. The third kappa shape index (κ3) is 4.71. The largest absolute Gasteiger partial charge is 0.481 e. The summed E-state index contributed by atoms with van der Waals surface area (Å²) < 4.78 is 5.24. The predicted octanol–water partition coefficient (Wildman–Crippen LogP) is 2.99. The van der Waals surface area contributed by atoms with E-state index in [9.17, 15) is 5.11 Å². The van der Waals surface area contributed by atoms with Crippen LogP contribution in [0.15, 0.2) is 12.1 Å². The van der Waals surface area contributed by atoms with Crippen LogP contribution in [0.5, 0.6) is 5.88 Å². The van der Waals surface area contributed by atoms with E-state index in [1.54, 1.807) is 7.11 Å². The van der Waals surface area contributed by atoms with Crippen molar-refractivity contribution in [2.45, 2.75) is 46.1 Å². The summed E-state index contributed by atoms with van der Waals surface area (Å²) in [5, 5.41) is 9.23. The summed E-state index contributed by atoms with van der Waals surface area (Å²) in [6.07, 6.45) is 4.67. The molecule has 1 N–H and O–H groups in total. The smallest absolute Gasteiger partial charge is 0.220 e. The second kappa shape index (κ2) is 8.75. The maximum atomic E-state index is 9.23. The second-order valence-corrected chi connectivity index (χ2v) is 4.69. The van der Waals surface area contributed by atoms with Gasteiger partial charge in [-0.25, -0.2) is 0 Å². The standard InChI is InChI=1S/C15H26N2O2/c1-4-6-10-17(11-7-5-2)14-9-8-13(12-18)15(16-14)19-3/h8-9,18H,4-7,10-12H2,1-3H3. The molecule has 0 aliphatic heterocycles. The average molecular weight is 266 g/mol. The predicted molar refractivity (Wildman–Crippen MR) is 78.7 cm³/mol. The van der Waals surface area contributed by atoms with Crippen LogP contribution in [0.2, 0.25) is 0 Å². The van der Waals surface area contributed by atoms with Gasteiger partial charge in [0.1, 0.15) is 5.82 Å². The molecule has 1 aromatic heterocycles. The summed E-state index contributed by atoms with van der Waals surface area (Å²) in [5.41, 5.74) is 0.734. The molecule has 0 amide bonds. The fourth-order valence-electron chi connectivity index (χ4n) is 1.97. The van der Waals surface area contributed by atoms with Gasteiger partial charge in [0.25, 0.3) is 0 Å². The van der Waals surface area contributed by atoms with Crippen LogP contribution in [0.1, 0.15) is 45.1 Å². The molecule has 1 aromatic rings. The summed E-state index contributed by atoms with van der Waals surface area (Å²) >= 11 is 0. The van der Waals surface area contributed by atoms with Crippen molar-refractivity contribution in [3.63, 3.8) is 0 Å². The van der Waals surface area contributed by atoms with E-state index < -0.39 is 0 Å². The number of methoxy groups -OCH3 is 1. The van der Waals surface area contributed by atoms with Gasteiger partial charge >= 0.3 is 0 Å². The Morgan fingerprint density at radius 3 is 2.26 bits per heavy atom. The van der Waals surface area contributed by atoms with E-state index in [0.717, 1.165) is 37.3 Å². The van der Waals surface area contributed by atoms with E-state index >= 15 is 0 Å². The number of hydrogen-bond acceptors (Lipinski definition) is 4. The van der Waals surface area contributed by atoms with Crippen LogP contribution in [0.25, 0.3) is 0 Å². The summed E-state index contributed by atoms with van der Waals surface area (Å²) in [6, 6.07) is 3.87. The van der Waals surface area contributed by atoms with Crippen molar-refractivity contribution in [3.05, 3.63) is 17.7 Å². The van der Waals surface area contributed by atoms with Gasteiger partial charge in [0, 0.05) is 18.7 Å². The molecule has 0 fully saturated rings. The monoisotopic (exact) mass is 266 g/mol. The normalized spacial score (nSPS) is 10.5. The Hall–Kier alpha value is -1.29. The Morgan fingerprint density at radius 1 is 1.16 bits per heavy atom.